The number of aliphatic hydroxyl groups excluding tert-OH is 3. The first-order chi connectivity index (χ1) is 8.86. The van der Waals surface area contributed by atoms with Crippen LogP contribution in [0, 0.1) is 12.3 Å². The summed E-state index contributed by atoms with van der Waals surface area (Å²) in [4.78, 5) is 12.4. The highest BCUT2D eigenvalue weighted by Crippen LogP contribution is 2.47. The predicted molar refractivity (Wildman–Crippen MR) is 71.0 cm³/mol. The fourth-order valence-electron chi connectivity index (χ4n) is 2.91. The Bertz CT molecular complexity index is 531. The molecule has 0 radical (unpaired) electrons. The van der Waals surface area contributed by atoms with Crippen molar-refractivity contribution in [3.63, 3.8) is 0 Å². The maximum Gasteiger partial charge on any atom is 0.172 e. The van der Waals surface area contributed by atoms with Gasteiger partial charge >= 0.3 is 0 Å². The summed E-state index contributed by atoms with van der Waals surface area (Å²) >= 11 is 0. The van der Waals surface area contributed by atoms with Crippen LogP contribution in [0.15, 0.2) is 6.07 Å². The average Bonchev–Trinajstić information content (AvgIpc) is 2.53. The third-order valence-corrected chi connectivity index (χ3v) is 4.11. The lowest BCUT2D eigenvalue weighted by Gasteiger charge is -2.20. The molecule has 2 rings (SSSR count). The Morgan fingerprint density at radius 2 is 1.89 bits per heavy atom. The molecule has 104 valence electrons. The minimum atomic E-state index is -0.865. The van der Waals surface area contributed by atoms with Crippen molar-refractivity contribution < 1.29 is 20.1 Å². The molecule has 1 aliphatic carbocycles. The summed E-state index contributed by atoms with van der Waals surface area (Å²) < 4.78 is 0. The summed E-state index contributed by atoms with van der Waals surface area (Å²) in [5, 5.41) is 29.0. The number of aryl methyl sites for hydroxylation is 1. The third kappa shape index (κ3) is 1.91. The number of carbonyl (C=O) groups is 1. The summed E-state index contributed by atoms with van der Waals surface area (Å²) in [7, 11) is 0. The molecule has 1 aromatic rings. The van der Waals surface area contributed by atoms with Gasteiger partial charge in [-0.25, -0.2) is 0 Å². The number of aliphatic hydroxyl groups is 3. The van der Waals surface area contributed by atoms with Crippen LogP contribution >= 0.6 is 0 Å². The fraction of sp³-hybridized carbons (Fsp3) is 0.533. The van der Waals surface area contributed by atoms with E-state index in [4.69, 9.17) is 5.11 Å². The molecule has 1 atom stereocenters. The second kappa shape index (κ2) is 4.71. The van der Waals surface area contributed by atoms with E-state index < -0.39 is 11.5 Å². The highest BCUT2D eigenvalue weighted by atomic mass is 16.3. The standard InChI is InChI=1S/C15H20O4/c1-8-6-10-12(11(7-17)9(8)4-5-16)14(19)15(2,3)13(10)18/h6,13,16-18H,4-5,7H2,1-3H3/t13-/m1/s1. The summed E-state index contributed by atoms with van der Waals surface area (Å²) in [5.41, 5.74) is 2.42. The molecule has 0 bridgehead atoms. The molecule has 0 unspecified atom stereocenters. The Kier molecular flexibility index (Phi) is 3.51. The Hall–Kier alpha value is -1.23. The summed E-state index contributed by atoms with van der Waals surface area (Å²) in [5.74, 6) is -0.141. The molecule has 4 nitrogen and oxygen atoms in total. The molecular weight excluding hydrogens is 244 g/mol. The fourth-order valence-corrected chi connectivity index (χ4v) is 2.91. The van der Waals surface area contributed by atoms with Gasteiger partial charge in [0, 0.05) is 12.2 Å². The summed E-state index contributed by atoms with van der Waals surface area (Å²) in [6.07, 6.45) is -0.444. The summed E-state index contributed by atoms with van der Waals surface area (Å²) in [6, 6.07) is 1.80. The van der Waals surface area contributed by atoms with Crippen LogP contribution in [0.4, 0.5) is 0 Å². The molecule has 1 aromatic carbocycles. The maximum atomic E-state index is 12.4. The van der Waals surface area contributed by atoms with Crippen molar-refractivity contribution in [2.24, 2.45) is 5.41 Å². The molecule has 1 aliphatic rings. The van der Waals surface area contributed by atoms with Crippen molar-refractivity contribution in [3.05, 3.63) is 33.9 Å². The highest BCUT2D eigenvalue weighted by Gasteiger charge is 2.47. The van der Waals surface area contributed by atoms with Gasteiger partial charge in [-0.2, -0.15) is 0 Å². The topological polar surface area (TPSA) is 77.8 Å². The smallest absolute Gasteiger partial charge is 0.172 e. The van der Waals surface area contributed by atoms with Gasteiger partial charge in [0.2, 0.25) is 0 Å². The number of carbonyl (C=O) groups excluding carboxylic acids is 1. The molecule has 0 saturated carbocycles. The number of rotatable bonds is 3. The zero-order chi connectivity index (χ0) is 14.4. The van der Waals surface area contributed by atoms with E-state index in [1.807, 2.05) is 6.92 Å². The van der Waals surface area contributed by atoms with Crippen LogP contribution in [0.3, 0.4) is 0 Å². The van der Waals surface area contributed by atoms with Gasteiger partial charge in [0.05, 0.1) is 18.1 Å². The lowest BCUT2D eigenvalue weighted by atomic mass is 9.86. The number of ketones is 1. The van der Waals surface area contributed by atoms with E-state index in [9.17, 15) is 15.0 Å². The monoisotopic (exact) mass is 264 g/mol. The van der Waals surface area contributed by atoms with Crippen molar-refractivity contribution in [3.8, 4) is 0 Å². The van der Waals surface area contributed by atoms with Crippen molar-refractivity contribution in [1.82, 2.24) is 0 Å². The highest BCUT2D eigenvalue weighted by molar-refractivity contribution is 6.06. The predicted octanol–water partition coefficient (Wildman–Crippen LogP) is 1.28. The second-order valence-electron chi connectivity index (χ2n) is 5.70. The van der Waals surface area contributed by atoms with Gasteiger partial charge in [0.1, 0.15) is 0 Å². The van der Waals surface area contributed by atoms with E-state index in [-0.39, 0.29) is 19.0 Å². The minimum absolute atomic E-state index is 0.0350. The molecule has 0 aromatic heterocycles. The van der Waals surface area contributed by atoms with Crippen LogP contribution < -0.4 is 0 Å². The molecule has 0 fully saturated rings. The number of fused-ring (bicyclic) bond motifs is 1. The zero-order valence-electron chi connectivity index (χ0n) is 11.5. The Balaban J connectivity index is 2.73. The molecule has 0 amide bonds. The lowest BCUT2D eigenvalue weighted by molar-refractivity contribution is 0.0491. The number of Topliss-reactive ketones (excluding diaryl/α,β-unsaturated/α-hetero) is 1. The largest absolute Gasteiger partial charge is 0.396 e. The van der Waals surface area contributed by atoms with Crippen molar-refractivity contribution in [2.45, 2.75) is 39.9 Å². The normalized spacial score (nSPS) is 20.7. The van der Waals surface area contributed by atoms with Crippen LogP contribution in [0.1, 0.15) is 52.6 Å². The molecule has 3 N–H and O–H groups in total. The Morgan fingerprint density at radius 3 is 2.42 bits per heavy atom. The van der Waals surface area contributed by atoms with Crippen LogP contribution in [-0.2, 0) is 13.0 Å². The van der Waals surface area contributed by atoms with Crippen LogP contribution in [0.25, 0.3) is 0 Å². The molecule has 0 saturated heterocycles. The van der Waals surface area contributed by atoms with Crippen LogP contribution in [-0.4, -0.2) is 27.7 Å². The van der Waals surface area contributed by atoms with Gasteiger partial charge in [-0.05, 0) is 49.4 Å². The molecule has 19 heavy (non-hydrogen) atoms. The van der Waals surface area contributed by atoms with E-state index in [0.29, 0.717) is 23.1 Å². The van der Waals surface area contributed by atoms with E-state index in [2.05, 4.69) is 0 Å². The van der Waals surface area contributed by atoms with Gasteiger partial charge in [-0.3, -0.25) is 4.79 Å². The Morgan fingerprint density at radius 1 is 1.26 bits per heavy atom. The molecule has 0 aliphatic heterocycles. The quantitative estimate of drug-likeness (QED) is 0.768. The maximum absolute atomic E-state index is 12.4. The third-order valence-electron chi connectivity index (χ3n) is 4.11. The van der Waals surface area contributed by atoms with E-state index >= 15 is 0 Å². The van der Waals surface area contributed by atoms with Crippen LogP contribution in [0.5, 0.6) is 0 Å². The zero-order valence-corrected chi connectivity index (χ0v) is 11.5. The molecule has 0 spiro atoms. The minimum Gasteiger partial charge on any atom is -0.396 e. The van der Waals surface area contributed by atoms with E-state index in [0.717, 1.165) is 11.1 Å². The number of hydrogen-bond donors (Lipinski definition) is 3. The van der Waals surface area contributed by atoms with Gasteiger partial charge in [0.15, 0.2) is 5.78 Å². The Labute approximate surface area is 112 Å². The first-order valence-electron chi connectivity index (χ1n) is 6.46. The second-order valence-corrected chi connectivity index (χ2v) is 5.70. The van der Waals surface area contributed by atoms with Crippen LogP contribution in [0.2, 0.25) is 0 Å². The van der Waals surface area contributed by atoms with Gasteiger partial charge in [0.25, 0.3) is 0 Å². The first kappa shape index (κ1) is 14.2. The van der Waals surface area contributed by atoms with Gasteiger partial charge < -0.3 is 15.3 Å². The molecule has 4 heteroatoms. The molecule has 0 heterocycles. The average molecular weight is 264 g/mol. The number of hydrogen-bond acceptors (Lipinski definition) is 4. The van der Waals surface area contributed by atoms with Gasteiger partial charge in [-0.15, -0.1) is 0 Å². The van der Waals surface area contributed by atoms with Crippen molar-refractivity contribution in [1.29, 1.82) is 0 Å². The van der Waals surface area contributed by atoms with Crippen molar-refractivity contribution >= 4 is 5.78 Å². The molecular formula is C15H20O4. The van der Waals surface area contributed by atoms with Crippen molar-refractivity contribution in [2.75, 3.05) is 6.61 Å². The SMILES string of the molecule is Cc1cc2c(c(CO)c1CCO)C(=O)C(C)(C)[C@@H]2O. The first-order valence-corrected chi connectivity index (χ1v) is 6.46. The number of benzene rings is 1. The van der Waals surface area contributed by atoms with E-state index in [1.165, 1.54) is 0 Å². The lowest BCUT2D eigenvalue weighted by Crippen LogP contribution is -2.24. The van der Waals surface area contributed by atoms with Gasteiger partial charge in [-0.1, -0.05) is 6.07 Å². The summed E-state index contributed by atoms with van der Waals surface area (Å²) in [6.45, 7) is 5.00. The van der Waals surface area contributed by atoms with E-state index in [1.54, 1.807) is 19.9 Å².